The minimum Gasteiger partial charge on any atom is -0.491 e. The smallest absolute Gasteiger partial charge is 0.276 e. The standard InChI is InChI=1S/C20H24N2O5/c1-3-25-12-13-26-17-10-6-16(7-11-17)20(24)22-21-19(23)14-27-18-8-4-15(2)5-9-18/h4-11H,3,12-14H2,1-2H3,(H,21,23)(H,22,24). The van der Waals surface area contributed by atoms with Crippen LogP contribution in [0.25, 0.3) is 0 Å². The van der Waals surface area contributed by atoms with Crippen LogP contribution in [0.4, 0.5) is 0 Å². The highest BCUT2D eigenvalue weighted by molar-refractivity contribution is 5.95. The van der Waals surface area contributed by atoms with Crippen molar-refractivity contribution in [3.63, 3.8) is 0 Å². The predicted molar refractivity (Wildman–Crippen MR) is 101 cm³/mol. The summed E-state index contributed by atoms with van der Waals surface area (Å²) in [4.78, 5) is 23.8. The van der Waals surface area contributed by atoms with Gasteiger partial charge in [0.25, 0.3) is 11.8 Å². The maximum Gasteiger partial charge on any atom is 0.276 e. The molecule has 0 aliphatic heterocycles. The summed E-state index contributed by atoms with van der Waals surface area (Å²) in [5, 5.41) is 0. The van der Waals surface area contributed by atoms with Gasteiger partial charge in [-0.05, 0) is 50.2 Å². The average Bonchev–Trinajstić information content (AvgIpc) is 2.69. The SMILES string of the molecule is CCOCCOc1ccc(C(=O)NNC(=O)COc2ccc(C)cc2)cc1. The molecule has 0 aliphatic rings. The fraction of sp³-hybridized carbons (Fsp3) is 0.300. The summed E-state index contributed by atoms with van der Waals surface area (Å²) in [5.41, 5.74) is 6.16. The highest BCUT2D eigenvalue weighted by atomic mass is 16.5. The maximum absolute atomic E-state index is 12.0. The summed E-state index contributed by atoms with van der Waals surface area (Å²) in [7, 11) is 0. The summed E-state index contributed by atoms with van der Waals surface area (Å²) in [6.07, 6.45) is 0. The first-order chi connectivity index (χ1) is 13.1. The van der Waals surface area contributed by atoms with Gasteiger partial charge in [0.05, 0.1) is 6.61 Å². The molecule has 2 amide bonds. The molecule has 2 aromatic carbocycles. The monoisotopic (exact) mass is 372 g/mol. The number of aryl methyl sites for hydroxylation is 1. The van der Waals surface area contributed by atoms with E-state index >= 15 is 0 Å². The number of benzene rings is 2. The van der Waals surface area contributed by atoms with E-state index in [1.165, 1.54) is 0 Å². The molecule has 2 aromatic rings. The van der Waals surface area contributed by atoms with Crippen LogP contribution in [0.5, 0.6) is 11.5 Å². The minimum absolute atomic E-state index is 0.198. The molecule has 7 heteroatoms. The van der Waals surface area contributed by atoms with E-state index in [0.717, 1.165) is 5.56 Å². The van der Waals surface area contributed by atoms with Crippen LogP contribution < -0.4 is 20.3 Å². The molecule has 144 valence electrons. The lowest BCUT2D eigenvalue weighted by molar-refractivity contribution is -0.123. The Balaban J connectivity index is 1.71. The largest absolute Gasteiger partial charge is 0.491 e. The molecule has 2 N–H and O–H groups in total. The van der Waals surface area contributed by atoms with Gasteiger partial charge in [-0.1, -0.05) is 17.7 Å². The number of carbonyl (C=O) groups is 2. The lowest BCUT2D eigenvalue weighted by Gasteiger charge is -2.10. The second-order valence-corrected chi connectivity index (χ2v) is 5.67. The Morgan fingerprint density at radius 2 is 1.48 bits per heavy atom. The van der Waals surface area contributed by atoms with Crippen molar-refractivity contribution >= 4 is 11.8 Å². The van der Waals surface area contributed by atoms with Gasteiger partial charge in [-0.25, -0.2) is 0 Å². The summed E-state index contributed by atoms with van der Waals surface area (Å²) in [5.74, 6) is 0.336. The van der Waals surface area contributed by atoms with Crippen LogP contribution in [0.15, 0.2) is 48.5 Å². The van der Waals surface area contributed by atoms with Crippen LogP contribution in [0, 0.1) is 6.92 Å². The molecule has 0 unspecified atom stereocenters. The van der Waals surface area contributed by atoms with Crippen molar-refractivity contribution in [1.82, 2.24) is 10.9 Å². The van der Waals surface area contributed by atoms with Gasteiger partial charge >= 0.3 is 0 Å². The number of hydrogen-bond donors (Lipinski definition) is 2. The Bertz CT molecular complexity index is 729. The van der Waals surface area contributed by atoms with Crippen LogP contribution in [-0.2, 0) is 9.53 Å². The summed E-state index contributed by atoms with van der Waals surface area (Å²) in [6.45, 7) is 5.28. The molecule has 0 spiro atoms. The number of hydrazine groups is 1. The van der Waals surface area contributed by atoms with Crippen molar-refractivity contribution in [2.24, 2.45) is 0 Å². The first kappa shape index (κ1) is 20.3. The molecule has 27 heavy (non-hydrogen) atoms. The molecule has 0 saturated heterocycles. The fourth-order valence-electron chi connectivity index (χ4n) is 2.08. The Kier molecular flexibility index (Phi) is 8.12. The third kappa shape index (κ3) is 7.37. The first-order valence-corrected chi connectivity index (χ1v) is 8.67. The molecule has 2 rings (SSSR count). The first-order valence-electron chi connectivity index (χ1n) is 8.67. The zero-order valence-corrected chi connectivity index (χ0v) is 15.5. The van der Waals surface area contributed by atoms with Crippen LogP contribution in [0.3, 0.4) is 0 Å². The van der Waals surface area contributed by atoms with Gasteiger partial charge in [0.15, 0.2) is 6.61 Å². The van der Waals surface area contributed by atoms with E-state index in [1.54, 1.807) is 36.4 Å². The fourth-order valence-corrected chi connectivity index (χ4v) is 2.08. The average molecular weight is 372 g/mol. The molecule has 0 aliphatic carbocycles. The molecular weight excluding hydrogens is 348 g/mol. The van der Waals surface area contributed by atoms with Crippen molar-refractivity contribution in [3.8, 4) is 11.5 Å². The molecule has 0 fully saturated rings. The van der Waals surface area contributed by atoms with E-state index in [1.807, 2.05) is 26.0 Å². The maximum atomic E-state index is 12.0. The Morgan fingerprint density at radius 3 is 2.15 bits per heavy atom. The second kappa shape index (κ2) is 10.8. The van der Waals surface area contributed by atoms with Gasteiger partial charge < -0.3 is 14.2 Å². The van der Waals surface area contributed by atoms with E-state index in [4.69, 9.17) is 14.2 Å². The van der Waals surface area contributed by atoms with E-state index < -0.39 is 11.8 Å². The van der Waals surface area contributed by atoms with Crippen molar-refractivity contribution in [2.45, 2.75) is 13.8 Å². The molecule has 0 aromatic heterocycles. The van der Waals surface area contributed by atoms with Gasteiger partial charge in [-0.3, -0.25) is 20.4 Å². The van der Waals surface area contributed by atoms with Crippen molar-refractivity contribution in [1.29, 1.82) is 0 Å². The van der Waals surface area contributed by atoms with Crippen LogP contribution >= 0.6 is 0 Å². The quantitative estimate of drug-likeness (QED) is 0.521. The zero-order chi connectivity index (χ0) is 19.5. The lowest BCUT2D eigenvalue weighted by atomic mass is 10.2. The number of amides is 2. The van der Waals surface area contributed by atoms with Gasteiger partial charge in [0.2, 0.25) is 0 Å². The normalized spacial score (nSPS) is 10.1. The van der Waals surface area contributed by atoms with Gasteiger partial charge in [0.1, 0.15) is 18.1 Å². The van der Waals surface area contributed by atoms with Crippen LogP contribution in [0.2, 0.25) is 0 Å². The summed E-state index contributed by atoms with van der Waals surface area (Å²) in [6, 6.07) is 13.9. The Hall–Kier alpha value is -3.06. The molecule has 0 heterocycles. The van der Waals surface area contributed by atoms with Gasteiger partial charge in [-0.2, -0.15) is 0 Å². The zero-order valence-electron chi connectivity index (χ0n) is 15.5. The number of hydrogen-bond acceptors (Lipinski definition) is 5. The number of carbonyl (C=O) groups excluding carboxylic acids is 2. The highest BCUT2D eigenvalue weighted by Gasteiger charge is 2.08. The minimum atomic E-state index is -0.459. The molecule has 0 radical (unpaired) electrons. The van der Waals surface area contributed by atoms with Crippen molar-refractivity contribution in [3.05, 3.63) is 59.7 Å². The number of ether oxygens (including phenoxy) is 3. The highest BCUT2D eigenvalue weighted by Crippen LogP contribution is 2.12. The van der Waals surface area contributed by atoms with E-state index in [9.17, 15) is 9.59 Å². The van der Waals surface area contributed by atoms with E-state index in [-0.39, 0.29) is 6.61 Å². The molecule has 0 atom stereocenters. The molecule has 0 bridgehead atoms. The van der Waals surface area contributed by atoms with E-state index in [2.05, 4.69) is 10.9 Å². The molecular formula is C20H24N2O5. The van der Waals surface area contributed by atoms with Crippen molar-refractivity contribution in [2.75, 3.05) is 26.4 Å². The third-order valence-electron chi connectivity index (χ3n) is 3.52. The number of rotatable bonds is 9. The van der Waals surface area contributed by atoms with Crippen LogP contribution in [0.1, 0.15) is 22.8 Å². The van der Waals surface area contributed by atoms with E-state index in [0.29, 0.717) is 36.9 Å². The lowest BCUT2D eigenvalue weighted by Crippen LogP contribution is -2.43. The summed E-state index contributed by atoms with van der Waals surface area (Å²) >= 11 is 0. The van der Waals surface area contributed by atoms with Gasteiger partial charge in [-0.15, -0.1) is 0 Å². The Labute approximate surface area is 158 Å². The Morgan fingerprint density at radius 1 is 0.852 bits per heavy atom. The molecule has 7 nitrogen and oxygen atoms in total. The second-order valence-electron chi connectivity index (χ2n) is 5.67. The molecule has 0 saturated carbocycles. The number of nitrogens with one attached hydrogen (secondary N) is 2. The predicted octanol–water partition coefficient (Wildman–Crippen LogP) is 2.25. The van der Waals surface area contributed by atoms with Crippen LogP contribution in [-0.4, -0.2) is 38.2 Å². The summed E-state index contributed by atoms with van der Waals surface area (Å²) < 4.78 is 16.0. The van der Waals surface area contributed by atoms with Crippen molar-refractivity contribution < 1.29 is 23.8 Å². The third-order valence-corrected chi connectivity index (χ3v) is 3.52. The topological polar surface area (TPSA) is 85.9 Å². The van der Waals surface area contributed by atoms with Gasteiger partial charge in [0, 0.05) is 12.2 Å².